The number of ether oxygens (including phenoxy) is 3. The maximum absolute atomic E-state index is 14.1. The molecule has 0 aromatic heterocycles. The lowest BCUT2D eigenvalue weighted by Crippen LogP contribution is -2.52. The average Bonchev–Trinajstić information content (AvgIpc) is 4.12. The Labute approximate surface area is 420 Å². The summed E-state index contributed by atoms with van der Waals surface area (Å²) in [6.07, 6.45) is 17.2. The molecule has 0 aromatic rings. The Morgan fingerprint density at radius 2 is 1.46 bits per heavy atom. The fourth-order valence-corrected chi connectivity index (χ4v) is 20.5. The molecule has 1 N–H and O–H groups in total. The zero-order valence-corrected chi connectivity index (χ0v) is 49.7. The molecule has 12 atom stereocenters. The predicted octanol–water partition coefficient (Wildman–Crippen LogP) is 14.1. The third-order valence-electron chi connectivity index (χ3n) is 17.4. The van der Waals surface area contributed by atoms with Gasteiger partial charge in [0.15, 0.2) is 25.0 Å². The molecule has 2 aliphatic heterocycles. The van der Waals surface area contributed by atoms with Gasteiger partial charge in [-0.1, -0.05) is 127 Å². The van der Waals surface area contributed by atoms with Crippen molar-refractivity contribution in [2.24, 2.45) is 17.8 Å². The van der Waals surface area contributed by atoms with E-state index in [4.69, 9.17) is 27.5 Å². The van der Waals surface area contributed by atoms with Gasteiger partial charge in [-0.3, -0.25) is 4.79 Å². The Morgan fingerprint density at radius 3 is 2.01 bits per heavy atom. The highest BCUT2D eigenvalue weighted by atomic mass is 28.4. The lowest BCUT2D eigenvalue weighted by Gasteiger charge is -2.39. The number of likely N-dealkylation sites (N-methyl/N-ethyl adjacent to an activating group) is 2. The first-order chi connectivity index (χ1) is 32.3. The van der Waals surface area contributed by atoms with E-state index in [9.17, 15) is 9.59 Å². The first-order valence-corrected chi connectivity index (χ1v) is 35.4. The molecule has 68 heavy (non-hydrogen) atoms. The van der Waals surface area contributed by atoms with E-state index in [2.05, 4.69) is 133 Å². The Kier molecular flexibility index (Phi) is 25.5. The number of cyclic esters (lactones) is 1. The van der Waals surface area contributed by atoms with Gasteiger partial charge in [-0.05, 0) is 125 Å². The Bertz CT molecular complexity index is 1570. The van der Waals surface area contributed by atoms with E-state index in [1.165, 1.54) is 0 Å². The maximum atomic E-state index is 14.1. The SMILES string of the molecule is CCC(O[Si](CC)(CC)CC)C(C)C1OC1CC(C)(/C=C/C=C(\C)C1OC(=O)CC(O[Si](CC)(CC)CC)CCC(C)C(OC(=O)N(C)C2CCCCC2NC)/C=C/C1C)O[Si](CC)(CC)CC. The first kappa shape index (κ1) is 60.7. The van der Waals surface area contributed by atoms with Gasteiger partial charge in [0.05, 0.1) is 30.3 Å². The summed E-state index contributed by atoms with van der Waals surface area (Å²) in [6.45, 7) is 33.6. The Balaban J connectivity index is 2.00. The van der Waals surface area contributed by atoms with Crippen molar-refractivity contribution in [2.45, 2.75) is 270 Å². The van der Waals surface area contributed by atoms with Gasteiger partial charge < -0.3 is 37.7 Å². The third kappa shape index (κ3) is 16.7. The van der Waals surface area contributed by atoms with Crippen LogP contribution in [-0.4, -0.2) is 110 Å². The van der Waals surface area contributed by atoms with Gasteiger partial charge in [-0.2, -0.15) is 0 Å². The van der Waals surface area contributed by atoms with Crippen molar-refractivity contribution in [1.29, 1.82) is 0 Å². The second kappa shape index (κ2) is 28.6. The fraction of sp³-hybridized carbons (Fsp3) is 0.855. The van der Waals surface area contributed by atoms with Crippen LogP contribution in [0.15, 0.2) is 36.0 Å². The van der Waals surface area contributed by atoms with Crippen LogP contribution in [0, 0.1) is 17.8 Å². The molecule has 3 rings (SSSR count). The van der Waals surface area contributed by atoms with Crippen molar-refractivity contribution in [1.82, 2.24) is 10.2 Å². The summed E-state index contributed by atoms with van der Waals surface area (Å²) in [4.78, 5) is 29.9. The van der Waals surface area contributed by atoms with Crippen LogP contribution in [-0.2, 0) is 32.3 Å². The average molecular weight is 1010 g/mol. The first-order valence-electron chi connectivity index (χ1n) is 27.8. The van der Waals surface area contributed by atoms with Gasteiger partial charge in [-0.25, -0.2) is 4.79 Å². The molecule has 1 saturated carbocycles. The normalized spacial score (nSPS) is 29.3. The van der Waals surface area contributed by atoms with Crippen LogP contribution in [0.5, 0.6) is 0 Å². The van der Waals surface area contributed by atoms with Crippen molar-refractivity contribution in [3.63, 3.8) is 0 Å². The number of allylic oxidation sites excluding steroid dienone is 2. The molecule has 0 bridgehead atoms. The molecule has 1 aliphatic carbocycles. The molecule has 0 radical (unpaired) electrons. The zero-order valence-electron chi connectivity index (χ0n) is 46.7. The van der Waals surface area contributed by atoms with Crippen LogP contribution in [0.4, 0.5) is 4.79 Å². The molecule has 10 nitrogen and oxygen atoms in total. The molecular formula is C55H104N2O8Si3. The number of rotatable bonds is 26. The molecule has 12 unspecified atom stereocenters. The van der Waals surface area contributed by atoms with E-state index in [-0.39, 0.29) is 66.8 Å². The highest BCUT2D eigenvalue weighted by Gasteiger charge is 2.51. The molecule has 2 heterocycles. The number of carbonyl (C=O) groups is 2. The van der Waals surface area contributed by atoms with E-state index in [0.717, 1.165) is 105 Å². The summed E-state index contributed by atoms with van der Waals surface area (Å²) < 4.78 is 41.1. The fourth-order valence-electron chi connectivity index (χ4n) is 11.5. The highest BCUT2D eigenvalue weighted by Crippen LogP contribution is 2.43. The zero-order chi connectivity index (χ0) is 50.9. The summed E-state index contributed by atoms with van der Waals surface area (Å²) in [7, 11) is -1.98. The highest BCUT2D eigenvalue weighted by molar-refractivity contribution is 6.74. The molecular weight excluding hydrogens is 901 g/mol. The van der Waals surface area contributed by atoms with Crippen LogP contribution < -0.4 is 5.32 Å². The van der Waals surface area contributed by atoms with Crippen molar-refractivity contribution >= 4 is 37.0 Å². The van der Waals surface area contributed by atoms with E-state index in [1.54, 1.807) is 0 Å². The predicted molar refractivity (Wildman–Crippen MR) is 291 cm³/mol. The summed E-state index contributed by atoms with van der Waals surface area (Å²) in [5.41, 5.74) is 0.400. The van der Waals surface area contributed by atoms with Gasteiger partial charge in [0.2, 0.25) is 0 Å². The minimum absolute atomic E-state index is 0.0170. The van der Waals surface area contributed by atoms with E-state index in [1.807, 2.05) is 25.1 Å². The third-order valence-corrected chi connectivity index (χ3v) is 31.6. The van der Waals surface area contributed by atoms with Crippen LogP contribution in [0.2, 0.25) is 54.4 Å². The molecule has 0 spiro atoms. The lowest BCUT2D eigenvalue weighted by atomic mass is 9.89. The van der Waals surface area contributed by atoms with Crippen LogP contribution in [0.25, 0.3) is 0 Å². The van der Waals surface area contributed by atoms with Crippen LogP contribution in [0.1, 0.15) is 162 Å². The van der Waals surface area contributed by atoms with E-state index < -0.39 is 42.8 Å². The van der Waals surface area contributed by atoms with E-state index in [0.29, 0.717) is 12.3 Å². The molecule has 1 amide bonds. The van der Waals surface area contributed by atoms with Crippen molar-refractivity contribution < 1.29 is 37.1 Å². The number of hydrogen-bond acceptors (Lipinski definition) is 9. The van der Waals surface area contributed by atoms with Crippen LogP contribution in [0.3, 0.4) is 0 Å². The Morgan fingerprint density at radius 1 is 0.868 bits per heavy atom. The Hall–Kier alpha value is -1.59. The molecule has 1 saturated heterocycles. The second-order valence-corrected chi connectivity index (χ2v) is 35.7. The standard InChI is InChI=1S/C55H104N2O8Si3/c1-18-48(64-67(22-5,23-6)24-7)44(14)53-50(60-53)40-55(15,65-68(25-8,26-9)27-10)38-30-31-42(12)52-43(13)35-37-49(61-54(59)57(17)47-33-29-28-32-46(47)56-16)41(11)34-36-45(39-51(58)62-52)63-66(19-2,20-3)21-4/h30-31,35,37-38,41,43-50,52-53,56H,18-29,32-34,36,39-40H2,1-17H3/b37-35+,38-30+,42-31+. The second-order valence-electron chi connectivity index (χ2n) is 21.5. The van der Waals surface area contributed by atoms with Gasteiger partial charge in [0.1, 0.15) is 12.2 Å². The quantitative estimate of drug-likeness (QED) is 0.0298. The molecule has 13 heteroatoms. The number of nitrogens with one attached hydrogen (secondary N) is 1. The summed E-state index contributed by atoms with van der Waals surface area (Å²) >= 11 is 0. The summed E-state index contributed by atoms with van der Waals surface area (Å²) in [5.74, 6) is -0.104. The molecule has 2 fully saturated rings. The minimum Gasteiger partial charge on any atom is -0.457 e. The number of nitrogens with zero attached hydrogens (tertiary/aromatic N) is 1. The molecule has 3 aliphatic rings. The number of hydrogen-bond donors (Lipinski definition) is 1. The van der Waals surface area contributed by atoms with Crippen molar-refractivity contribution in [3.05, 3.63) is 36.0 Å². The summed E-state index contributed by atoms with van der Waals surface area (Å²) in [6, 6.07) is 9.94. The number of esters is 1. The largest absolute Gasteiger partial charge is 0.457 e. The lowest BCUT2D eigenvalue weighted by molar-refractivity contribution is -0.150. The van der Waals surface area contributed by atoms with Gasteiger partial charge in [0, 0.05) is 43.5 Å². The van der Waals surface area contributed by atoms with Gasteiger partial charge in [-0.15, -0.1) is 0 Å². The smallest absolute Gasteiger partial charge is 0.410 e. The van der Waals surface area contributed by atoms with Crippen LogP contribution >= 0.6 is 0 Å². The van der Waals surface area contributed by atoms with E-state index >= 15 is 0 Å². The molecule has 0 aromatic carbocycles. The topological polar surface area (TPSA) is 108 Å². The van der Waals surface area contributed by atoms with Gasteiger partial charge in [0.25, 0.3) is 0 Å². The van der Waals surface area contributed by atoms with Crippen molar-refractivity contribution in [2.75, 3.05) is 14.1 Å². The number of carbonyl (C=O) groups excluding carboxylic acids is 2. The molecule has 394 valence electrons. The minimum atomic E-state index is -2.05. The maximum Gasteiger partial charge on any atom is 0.410 e. The summed E-state index contributed by atoms with van der Waals surface area (Å²) in [5, 5.41) is 3.44. The number of epoxide rings is 1. The van der Waals surface area contributed by atoms with Crippen molar-refractivity contribution in [3.8, 4) is 0 Å². The monoisotopic (exact) mass is 1000 g/mol. The number of amides is 1. The van der Waals surface area contributed by atoms with Gasteiger partial charge >= 0.3 is 12.1 Å².